The molecule has 0 aliphatic carbocycles. The van der Waals surface area contributed by atoms with Gasteiger partial charge in [0.05, 0.1) is 21.2 Å². The molecule has 178 valence electrons. The maximum atomic E-state index is 13.1. The first-order valence-corrected chi connectivity index (χ1v) is 12.8. The minimum Gasteiger partial charge on any atom is -0.298 e. The summed E-state index contributed by atoms with van der Waals surface area (Å²) in [6, 6.07) is 20.5. The number of rotatable bonds is 8. The van der Waals surface area contributed by atoms with Crippen molar-refractivity contribution in [3.05, 3.63) is 99.9 Å². The van der Waals surface area contributed by atoms with Crippen LogP contribution in [0.25, 0.3) is 11.3 Å². The number of benzene rings is 3. The Morgan fingerprint density at radius 3 is 2.43 bits per heavy atom. The van der Waals surface area contributed by atoms with E-state index in [1.807, 2.05) is 6.07 Å². The average Bonchev–Trinajstić information content (AvgIpc) is 3.33. The van der Waals surface area contributed by atoms with Crippen LogP contribution in [0.15, 0.2) is 89.1 Å². The third-order valence-electron chi connectivity index (χ3n) is 5.11. The Bertz CT molecular complexity index is 1470. The van der Waals surface area contributed by atoms with Crippen molar-refractivity contribution >= 4 is 43.8 Å². The molecule has 0 atom stereocenters. The molecule has 4 rings (SSSR count). The molecule has 1 N–H and O–H groups in total. The minimum absolute atomic E-state index is 0.0509. The van der Waals surface area contributed by atoms with E-state index in [4.69, 9.17) is 0 Å². The summed E-state index contributed by atoms with van der Waals surface area (Å²) in [5.41, 5.74) is 1.82. The van der Waals surface area contributed by atoms with Gasteiger partial charge in [0.2, 0.25) is 0 Å². The molecule has 9 nitrogen and oxygen atoms in total. The van der Waals surface area contributed by atoms with Crippen molar-refractivity contribution in [3.8, 4) is 11.3 Å². The number of amides is 1. The van der Waals surface area contributed by atoms with Crippen LogP contribution >= 0.6 is 11.3 Å². The number of nitrogens with one attached hydrogen (secondary N) is 1. The van der Waals surface area contributed by atoms with E-state index >= 15 is 0 Å². The summed E-state index contributed by atoms with van der Waals surface area (Å²) in [6.07, 6.45) is 0. The van der Waals surface area contributed by atoms with Crippen LogP contribution in [0.2, 0.25) is 0 Å². The molecular weight excluding hydrogens is 488 g/mol. The Kier molecular flexibility index (Phi) is 6.90. The SMILES string of the molecule is CCN(c1ccccc1)S(=O)(=O)c1ccc(C(=O)Nc2nc(-c3cccc([N+](=O)[O-])c3)cs2)cc1. The maximum Gasteiger partial charge on any atom is 0.270 e. The number of nitrogens with zero attached hydrogens (tertiary/aromatic N) is 3. The van der Waals surface area contributed by atoms with E-state index in [1.165, 1.54) is 52.0 Å². The molecule has 1 amide bonds. The Balaban J connectivity index is 1.49. The molecule has 0 bridgehead atoms. The standard InChI is InChI=1S/C24H20N4O5S2/c1-2-27(19-8-4-3-5-9-19)35(32,33)21-13-11-17(12-14-21)23(29)26-24-25-22(16-34-24)18-7-6-10-20(15-18)28(30)31/h3-16H,2H2,1H3,(H,25,26,29). The van der Waals surface area contributed by atoms with E-state index in [0.29, 0.717) is 22.1 Å². The van der Waals surface area contributed by atoms with Gasteiger partial charge in [-0.1, -0.05) is 30.3 Å². The lowest BCUT2D eigenvalue weighted by Gasteiger charge is -2.22. The van der Waals surface area contributed by atoms with Crippen molar-refractivity contribution < 1.29 is 18.1 Å². The topological polar surface area (TPSA) is 123 Å². The predicted octanol–water partition coefficient (Wildman–Crippen LogP) is 5.19. The van der Waals surface area contributed by atoms with E-state index in [9.17, 15) is 23.3 Å². The summed E-state index contributed by atoms with van der Waals surface area (Å²) in [4.78, 5) is 27.6. The molecule has 0 saturated carbocycles. The number of anilines is 2. The summed E-state index contributed by atoms with van der Waals surface area (Å²) in [5.74, 6) is -0.454. The summed E-state index contributed by atoms with van der Waals surface area (Å²) < 4.78 is 27.5. The number of para-hydroxylation sites is 1. The predicted molar refractivity (Wildman–Crippen MR) is 135 cm³/mol. The number of nitro benzene ring substituents is 1. The highest BCUT2D eigenvalue weighted by Crippen LogP contribution is 2.28. The highest BCUT2D eigenvalue weighted by molar-refractivity contribution is 7.92. The molecule has 0 aliphatic heterocycles. The number of hydrogen-bond acceptors (Lipinski definition) is 7. The molecule has 0 unspecified atom stereocenters. The van der Waals surface area contributed by atoms with Crippen molar-refractivity contribution in [2.24, 2.45) is 0 Å². The van der Waals surface area contributed by atoms with Gasteiger partial charge in [0.1, 0.15) is 0 Å². The van der Waals surface area contributed by atoms with E-state index in [2.05, 4.69) is 10.3 Å². The quantitative estimate of drug-likeness (QED) is 0.258. The first-order valence-electron chi connectivity index (χ1n) is 10.5. The Morgan fingerprint density at radius 1 is 1.06 bits per heavy atom. The van der Waals surface area contributed by atoms with E-state index < -0.39 is 20.9 Å². The smallest absolute Gasteiger partial charge is 0.270 e. The summed E-state index contributed by atoms with van der Waals surface area (Å²) in [6.45, 7) is 2.01. The van der Waals surface area contributed by atoms with Gasteiger partial charge in [-0.05, 0) is 43.3 Å². The maximum absolute atomic E-state index is 13.1. The first kappa shape index (κ1) is 24.0. The van der Waals surface area contributed by atoms with Gasteiger partial charge in [-0.25, -0.2) is 13.4 Å². The number of carbonyl (C=O) groups is 1. The number of non-ortho nitro benzene ring substituents is 1. The second kappa shape index (κ2) is 10.0. The highest BCUT2D eigenvalue weighted by atomic mass is 32.2. The Morgan fingerprint density at radius 2 is 1.77 bits per heavy atom. The minimum atomic E-state index is -3.80. The Labute approximate surface area is 205 Å². The average molecular weight is 509 g/mol. The lowest BCUT2D eigenvalue weighted by Crippen LogP contribution is -2.30. The normalized spacial score (nSPS) is 11.1. The van der Waals surface area contributed by atoms with E-state index in [1.54, 1.807) is 48.7 Å². The van der Waals surface area contributed by atoms with Crippen LogP contribution in [0.1, 0.15) is 17.3 Å². The third-order valence-corrected chi connectivity index (χ3v) is 7.79. The molecule has 0 fully saturated rings. The van der Waals surface area contributed by atoms with Gasteiger partial charge < -0.3 is 0 Å². The van der Waals surface area contributed by atoms with Crippen LogP contribution in [0.3, 0.4) is 0 Å². The molecule has 3 aromatic carbocycles. The summed E-state index contributed by atoms with van der Waals surface area (Å²) in [7, 11) is -3.80. The fraction of sp³-hybridized carbons (Fsp3) is 0.0833. The van der Waals surface area contributed by atoms with Gasteiger partial charge in [-0.2, -0.15) is 0 Å². The number of sulfonamides is 1. The largest absolute Gasteiger partial charge is 0.298 e. The molecule has 0 spiro atoms. The van der Waals surface area contributed by atoms with Crippen LogP contribution < -0.4 is 9.62 Å². The van der Waals surface area contributed by atoms with Crippen LogP contribution in [0, 0.1) is 10.1 Å². The number of nitro groups is 1. The van der Waals surface area contributed by atoms with Gasteiger partial charge in [-0.15, -0.1) is 11.3 Å². The van der Waals surface area contributed by atoms with Gasteiger partial charge in [-0.3, -0.25) is 24.5 Å². The molecule has 11 heteroatoms. The zero-order valence-corrected chi connectivity index (χ0v) is 20.1. The van der Waals surface area contributed by atoms with Gasteiger partial charge >= 0.3 is 0 Å². The number of aromatic nitrogens is 1. The monoisotopic (exact) mass is 508 g/mol. The molecule has 1 heterocycles. The molecule has 1 aromatic heterocycles. The zero-order valence-electron chi connectivity index (χ0n) is 18.5. The second-order valence-corrected chi connectivity index (χ2v) is 10.0. The number of hydrogen-bond donors (Lipinski definition) is 1. The van der Waals surface area contributed by atoms with Crippen LogP contribution in [-0.4, -0.2) is 30.8 Å². The highest BCUT2D eigenvalue weighted by Gasteiger charge is 2.24. The van der Waals surface area contributed by atoms with Crippen molar-refractivity contribution in [1.29, 1.82) is 0 Å². The number of carbonyl (C=O) groups excluding carboxylic acids is 1. The summed E-state index contributed by atoms with van der Waals surface area (Å²) in [5, 5.41) is 15.7. The van der Waals surface area contributed by atoms with Crippen LogP contribution in [0.5, 0.6) is 0 Å². The van der Waals surface area contributed by atoms with Gasteiger partial charge in [0.25, 0.3) is 21.6 Å². The third kappa shape index (κ3) is 5.20. The second-order valence-electron chi connectivity index (χ2n) is 7.33. The lowest BCUT2D eigenvalue weighted by atomic mass is 10.1. The number of thiazole rings is 1. The Hall–Kier alpha value is -4.09. The van der Waals surface area contributed by atoms with Crippen molar-refractivity contribution in [2.75, 3.05) is 16.2 Å². The molecule has 35 heavy (non-hydrogen) atoms. The van der Waals surface area contributed by atoms with Crippen molar-refractivity contribution in [2.45, 2.75) is 11.8 Å². The molecular formula is C24H20N4O5S2. The van der Waals surface area contributed by atoms with Crippen molar-refractivity contribution in [3.63, 3.8) is 0 Å². The fourth-order valence-electron chi connectivity index (χ4n) is 3.40. The van der Waals surface area contributed by atoms with Gasteiger partial charge in [0, 0.05) is 35.2 Å². The molecule has 4 aromatic rings. The zero-order chi connectivity index (χ0) is 25.0. The lowest BCUT2D eigenvalue weighted by molar-refractivity contribution is -0.384. The fourth-order valence-corrected chi connectivity index (χ4v) is 5.59. The van der Waals surface area contributed by atoms with E-state index in [-0.39, 0.29) is 22.7 Å². The first-order chi connectivity index (χ1) is 16.8. The summed E-state index contributed by atoms with van der Waals surface area (Å²) >= 11 is 1.18. The van der Waals surface area contributed by atoms with E-state index in [0.717, 1.165) is 0 Å². The van der Waals surface area contributed by atoms with Gasteiger partial charge in [0.15, 0.2) is 5.13 Å². The molecule has 0 saturated heterocycles. The van der Waals surface area contributed by atoms with Crippen LogP contribution in [0.4, 0.5) is 16.5 Å². The van der Waals surface area contributed by atoms with Crippen LogP contribution in [-0.2, 0) is 10.0 Å². The van der Waals surface area contributed by atoms with Crippen molar-refractivity contribution in [1.82, 2.24) is 4.98 Å². The molecule has 0 aliphatic rings. The molecule has 0 radical (unpaired) electrons.